The quantitative estimate of drug-likeness (QED) is 0.882. The van der Waals surface area contributed by atoms with E-state index in [-0.39, 0.29) is 11.0 Å². The summed E-state index contributed by atoms with van der Waals surface area (Å²) < 4.78 is 36.2. The summed E-state index contributed by atoms with van der Waals surface area (Å²) in [6.07, 6.45) is -0.733. The van der Waals surface area contributed by atoms with Gasteiger partial charge in [-0.05, 0) is 25.0 Å². The van der Waals surface area contributed by atoms with Crippen LogP contribution >= 0.6 is 0 Å². The van der Waals surface area contributed by atoms with Gasteiger partial charge in [0, 0.05) is 23.1 Å². The lowest BCUT2D eigenvalue weighted by Gasteiger charge is -2.20. The molecule has 0 spiro atoms. The van der Waals surface area contributed by atoms with Gasteiger partial charge in [-0.1, -0.05) is 0 Å². The number of hydrogen-bond acceptors (Lipinski definition) is 3. The molecule has 0 aliphatic heterocycles. The van der Waals surface area contributed by atoms with Crippen LogP contribution in [0, 0.1) is 0 Å². The lowest BCUT2D eigenvalue weighted by molar-refractivity contribution is 0.150. The minimum absolute atomic E-state index is 0.0534. The van der Waals surface area contributed by atoms with E-state index in [2.05, 4.69) is 0 Å². The third kappa shape index (κ3) is 2.03. The maximum absolute atomic E-state index is 12.9. The van der Waals surface area contributed by atoms with Gasteiger partial charge in [-0.15, -0.1) is 0 Å². The molecule has 2 rings (SSSR count). The molecule has 0 bridgehead atoms. The molecule has 2 N–H and O–H groups in total. The Morgan fingerprint density at radius 3 is 2.33 bits per heavy atom. The Labute approximate surface area is 105 Å². The molecule has 0 unspecified atom stereocenters. The van der Waals surface area contributed by atoms with E-state index in [1.807, 2.05) is 0 Å². The zero-order valence-electron chi connectivity index (χ0n) is 10.5. The van der Waals surface area contributed by atoms with Crippen molar-refractivity contribution in [2.75, 3.05) is 20.8 Å². The van der Waals surface area contributed by atoms with Crippen LogP contribution in [-0.4, -0.2) is 20.8 Å². The molecule has 18 heavy (non-hydrogen) atoms. The molecule has 3 nitrogen and oxygen atoms in total. The van der Waals surface area contributed by atoms with Crippen molar-refractivity contribution in [3.63, 3.8) is 0 Å². The van der Waals surface area contributed by atoms with Crippen LogP contribution in [0.2, 0.25) is 0 Å². The van der Waals surface area contributed by atoms with Gasteiger partial charge in [-0.25, -0.2) is 8.78 Å². The van der Waals surface area contributed by atoms with Crippen molar-refractivity contribution in [2.24, 2.45) is 5.73 Å². The van der Waals surface area contributed by atoms with Crippen LogP contribution in [0.25, 0.3) is 0 Å². The van der Waals surface area contributed by atoms with Gasteiger partial charge in [0.2, 0.25) is 0 Å². The number of hydrogen-bond donors (Lipinski definition) is 1. The molecule has 0 heterocycles. The number of alkyl halides is 2. The zero-order chi connectivity index (χ0) is 13.3. The van der Waals surface area contributed by atoms with E-state index in [9.17, 15) is 8.78 Å². The lowest BCUT2D eigenvalue weighted by Crippen LogP contribution is -2.21. The normalized spacial score (nSPS) is 16.8. The van der Waals surface area contributed by atoms with Gasteiger partial charge in [-0.2, -0.15) is 0 Å². The standard InChI is InChI=1S/C13H17F2NO2/c1-17-10-6-8(12(14)15)5-9(11(10)18-2)13(7-16)3-4-13/h5-6,12H,3-4,7,16H2,1-2H3. The fourth-order valence-corrected chi connectivity index (χ4v) is 2.24. The highest BCUT2D eigenvalue weighted by Crippen LogP contribution is 2.53. The van der Waals surface area contributed by atoms with Crippen molar-refractivity contribution < 1.29 is 18.3 Å². The molecule has 0 radical (unpaired) electrons. The number of ether oxygens (including phenoxy) is 2. The Morgan fingerprint density at radius 1 is 1.28 bits per heavy atom. The molecule has 0 aromatic heterocycles. The molecular formula is C13H17F2NO2. The summed E-state index contributed by atoms with van der Waals surface area (Å²) in [5.74, 6) is 0.856. The number of rotatable bonds is 5. The minimum Gasteiger partial charge on any atom is -0.493 e. The summed E-state index contributed by atoms with van der Waals surface area (Å²) in [4.78, 5) is 0. The molecule has 100 valence electrons. The van der Waals surface area contributed by atoms with Crippen LogP contribution in [0.15, 0.2) is 12.1 Å². The second-order valence-corrected chi connectivity index (χ2v) is 4.59. The van der Waals surface area contributed by atoms with Crippen molar-refractivity contribution in [3.8, 4) is 11.5 Å². The van der Waals surface area contributed by atoms with E-state index in [1.165, 1.54) is 26.4 Å². The summed E-state index contributed by atoms with van der Waals surface area (Å²) in [7, 11) is 2.95. The first-order chi connectivity index (χ1) is 8.57. The average molecular weight is 257 g/mol. The molecule has 0 amide bonds. The summed E-state index contributed by atoms with van der Waals surface area (Å²) in [5, 5.41) is 0. The maximum atomic E-state index is 12.9. The first-order valence-corrected chi connectivity index (χ1v) is 5.82. The van der Waals surface area contributed by atoms with Crippen LogP contribution in [0.4, 0.5) is 8.78 Å². The Kier molecular flexibility index (Phi) is 3.43. The van der Waals surface area contributed by atoms with Crippen molar-refractivity contribution in [2.45, 2.75) is 24.7 Å². The van der Waals surface area contributed by atoms with Gasteiger partial charge < -0.3 is 15.2 Å². The first kappa shape index (κ1) is 13.1. The van der Waals surface area contributed by atoms with Crippen molar-refractivity contribution in [1.82, 2.24) is 0 Å². The van der Waals surface area contributed by atoms with Crippen LogP contribution < -0.4 is 15.2 Å². The number of halogens is 2. The van der Waals surface area contributed by atoms with E-state index in [0.29, 0.717) is 18.0 Å². The van der Waals surface area contributed by atoms with Gasteiger partial charge >= 0.3 is 0 Å². The average Bonchev–Trinajstić information content (AvgIpc) is 3.17. The summed E-state index contributed by atoms with van der Waals surface area (Å²) >= 11 is 0. The molecule has 1 aromatic rings. The smallest absolute Gasteiger partial charge is 0.263 e. The molecular weight excluding hydrogens is 240 g/mol. The van der Waals surface area contributed by atoms with Crippen LogP contribution in [-0.2, 0) is 5.41 Å². The highest BCUT2D eigenvalue weighted by Gasteiger charge is 2.46. The predicted molar refractivity (Wildman–Crippen MR) is 64.5 cm³/mol. The molecule has 1 saturated carbocycles. The molecule has 0 saturated heterocycles. The Hall–Kier alpha value is -1.36. The van der Waals surface area contributed by atoms with E-state index >= 15 is 0 Å². The Morgan fingerprint density at radius 2 is 1.94 bits per heavy atom. The SMILES string of the molecule is COc1cc(C(F)F)cc(C2(CN)CC2)c1OC. The van der Waals surface area contributed by atoms with Crippen molar-refractivity contribution in [3.05, 3.63) is 23.3 Å². The first-order valence-electron chi connectivity index (χ1n) is 5.82. The van der Waals surface area contributed by atoms with Gasteiger partial charge in [0.1, 0.15) is 0 Å². The maximum Gasteiger partial charge on any atom is 0.263 e. The Bertz CT molecular complexity index is 445. The lowest BCUT2D eigenvalue weighted by atomic mass is 9.93. The summed E-state index contributed by atoms with van der Waals surface area (Å²) in [6.45, 7) is 0.430. The largest absolute Gasteiger partial charge is 0.493 e. The van der Waals surface area contributed by atoms with Crippen molar-refractivity contribution >= 4 is 0 Å². The third-order valence-corrected chi connectivity index (χ3v) is 3.57. The minimum atomic E-state index is -2.53. The number of nitrogens with two attached hydrogens (primary N) is 1. The van der Waals surface area contributed by atoms with E-state index in [4.69, 9.17) is 15.2 Å². The molecule has 1 aromatic carbocycles. The second kappa shape index (κ2) is 4.72. The summed E-state index contributed by atoms with van der Waals surface area (Å²) in [5.41, 5.74) is 6.22. The number of benzene rings is 1. The summed E-state index contributed by atoms with van der Waals surface area (Å²) in [6, 6.07) is 2.81. The van der Waals surface area contributed by atoms with Gasteiger partial charge in [0.25, 0.3) is 6.43 Å². The molecule has 1 fully saturated rings. The van der Waals surface area contributed by atoms with Gasteiger partial charge in [0.15, 0.2) is 11.5 Å². The van der Waals surface area contributed by atoms with Crippen LogP contribution in [0.5, 0.6) is 11.5 Å². The van der Waals surface area contributed by atoms with Crippen molar-refractivity contribution in [1.29, 1.82) is 0 Å². The zero-order valence-corrected chi connectivity index (χ0v) is 10.5. The highest BCUT2D eigenvalue weighted by atomic mass is 19.3. The van der Waals surface area contributed by atoms with E-state index < -0.39 is 6.43 Å². The fourth-order valence-electron chi connectivity index (χ4n) is 2.24. The molecule has 0 atom stereocenters. The van der Waals surface area contributed by atoms with Gasteiger partial charge in [-0.3, -0.25) is 0 Å². The highest BCUT2D eigenvalue weighted by molar-refractivity contribution is 5.55. The molecule has 5 heteroatoms. The molecule has 1 aliphatic rings. The second-order valence-electron chi connectivity index (χ2n) is 4.59. The van der Waals surface area contributed by atoms with E-state index in [0.717, 1.165) is 18.4 Å². The predicted octanol–water partition coefficient (Wildman–Crippen LogP) is 2.63. The van der Waals surface area contributed by atoms with Gasteiger partial charge in [0.05, 0.1) is 14.2 Å². The van der Waals surface area contributed by atoms with E-state index in [1.54, 1.807) is 0 Å². The fraction of sp³-hybridized carbons (Fsp3) is 0.538. The van der Waals surface area contributed by atoms with Crippen LogP contribution in [0.3, 0.4) is 0 Å². The number of methoxy groups -OCH3 is 2. The van der Waals surface area contributed by atoms with Crippen LogP contribution in [0.1, 0.15) is 30.4 Å². The molecule has 1 aliphatic carbocycles. The monoisotopic (exact) mass is 257 g/mol. The third-order valence-electron chi connectivity index (χ3n) is 3.57. The Balaban J connectivity index is 2.57. The topological polar surface area (TPSA) is 44.5 Å².